The lowest BCUT2D eigenvalue weighted by Gasteiger charge is -2.09. The fraction of sp³-hybridized carbons (Fsp3) is 0.200. The van der Waals surface area contributed by atoms with Crippen LogP contribution in [0, 0.1) is 13.8 Å². The number of sulfonamides is 1. The van der Waals surface area contributed by atoms with Gasteiger partial charge in [-0.1, -0.05) is 29.8 Å². The van der Waals surface area contributed by atoms with Crippen LogP contribution in [0.5, 0.6) is 5.75 Å². The molecule has 0 bridgehead atoms. The van der Waals surface area contributed by atoms with Crippen LogP contribution in [-0.4, -0.2) is 8.42 Å². The molecule has 5 heteroatoms. The lowest BCUT2D eigenvalue weighted by Crippen LogP contribution is -2.13. The number of benzene rings is 2. The number of primary sulfonamides is 1. The Kier molecular flexibility index (Phi) is 4.11. The average Bonchev–Trinajstić information content (AvgIpc) is 2.35. The summed E-state index contributed by atoms with van der Waals surface area (Å²) in [5, 5.41) is 5.12. The summed E-state index contributed by atoms with van der Waals surface area (Å²) in [6, 6.07) is 12.8. The van der Waals surface area contributed by atoms with Crippen molar-refractivity contribution in [2.45, 2.75) is 25.3 Å². The number of nitrogens with two attached hydrogens (primary N) is 1. The predicted molar refractivity (Wildman–Crippen MR) is 78.1 cm³/mol. The van der Waals surface area contributed by atoms with Crippen LogP contribution in [0.15, 0.2) is 47.4 Å². The summed E-state index contributed by atoms with van der Waals surface area (Å²) in [6.07, 6.45) is 0. The molecule has 0 atom stereocenters. The standard InChI is InChI=1S/C15H17NO3S/c1-11-4-3-5-13(8-11)10-19-14-6-7-15(12(2)9-14)20(16,17)18/h3-9H,10H2,1-2H3,(H2,16,17,18). The van der Waals surface area contributed by atoms with Crippen molar-refractivity contribution in [3.05, 3.63) is 59.2 Å². The zero-order chi connectivity index (χ0) is 14.8. The van der Waals surface area contributed by atoms with Crippen molar-refractivity contribution >= 4 is 10.0 Å². The fourth-order valence-corrected chi connectivity index (χ4v) is 2.76. The highest BCUT2D eigenvalue weighted by molar-refractivity contribution is 7.89. The zero-order valence-electron chi connectivity index (χ0n) is 11.5. The van der Waals surface area contributed by atoms with E-state index in [-0.39, 0.29) is 4.90 Å². The van der Waals surface area contributed by atoms with E-state index in [1.54, 1.807) is 19.1 Å². The maximum Gasteiger partial charge on any atom is 0.238 e. The van der Waals surface area contributed by atoms with E-state index in [0.717, 1.165) is 5.56 Å². The minimum atomic E-state index is -3.68. The molecule has 0 aliphatic carbocycles. The molecule has 0 spiro atoms. The fourth-order valence-electron chi connectivity index (χ4n) is 2.00. The molecule has 2 aromatic carbocycles. The van der Waals surface area contributed by atoms with Gasteiger partial charge in [0.1, 0.15) is 12.4 Å². The SMILES string of the molecule is Cc1cccc(COc2ccc(S(N)(=O)=O)c(C)c2)c1. The first-order chi connectivity index (χ1) is 9.36. The first-order valence-electron chi connectivity index (χ1n) is 6.18. The third-order valence-corrected chi connectivity index (χ3v) is 4.01. The maximum absolute atomic E-state index is 11.3. The van der Waals surface area contributed by atoms with E-state index >= 15 is 0 Å². The van der Waals surface area contributed by atoms with Crippen molar-refractivity contribution in [2.24, 2.45) is 5.14 Å². The van der Waals surface area contributed by atoms with Crippen LogP contribution in [0.2, 0.25) is 0 Å². The Morgan fingerprint density at radius 1 is 1.10 bits per heavy atom. The molecule has 0 heterocycles. The van der Waals surface area contributed by atoms with Crippen LogP contribution in [0.4, 0.5) is 0 Å². The van der Waals surface area contributed by atoms with E-state index in [2.05, 4.69) is 0 Å². The van der Waals surface area contributed by atoms with Gasteiger partial charge in [0.2, 0.25) is 10.0 Å². The van der Waals surface area contributed by atoms with Gasteiger partial charge in [-0.2, -0.15) is 0 Å². The molecule has 0 aliphatic rings. The Balaban J connectivity index is 2.14. The number of hydrogen-bond donors (Lipinski definition) is 1. The van der Waals surface area contributed by atoms with Crippen molar-refractivity contribution in [3.63, 3.8) is 0 Å². The van der Waals surface area contributed by atoms with E-state index in [4.69, 9.17) is 9.88 Å². The maximum atomic E-state index is 11.3. The van der Waals surface area contributed by atoms with E-state index in [9.17, 15) is 8.42 Å². The molecule has 0 aromatic heterocycles. The van der Waals surface area contributed by atoms with Gasteiger partial charge in [-0.15, -0.1) is 0 Å². The second-order valence-electron chi connectivity index (χ2n) is 4.75. The lowest BCUT2D eigenvalue weighted by molar-refractivity contribution is 0.305. The molecular weight excluding hydrogens is 274 g/mol. The van der Waals surface area contributed by atoms with Crippen molar-refractivity contribution in [1.82, 2.24) is 0 Å². The van der Waals surface area contributed by atoms with Crippen LogP contribution in [0.1, 0.15) is 16.7 Å². The molecule has 0 fully saturated rings. The summed E-state index contributed by atoms with van der Waals surface area (Å²) in [5.74, 6) is 0.622. The summed E-state index contributed by atoms with van der Waals surface area (Å²) >= 11 is 0. The normalized spacial score (nSPS) is 11.3. The van der Waals surface area contributed by atoms with Crippen molar-refractivity contribution < 1.29 is 13.2 Å². The highest BCUT2D eigenvalue weighted by Gasteiger charge is 2.11. The van der Waals surface area contributed by atoms with Gasteiger partial charge < -0.3 is 4.74 Å². The molecule has 0 amide bonds. The van der Waals surface area contributed by atoms with Gasteiger partial charge in [0.15, 0.2) is 0 Å². The molecule has 0 radical (unpaired) electrons. The Morgan fingerprint density at radius 2 is 1.85 bits per heavy atom. The zero-order valence-corrected chi connectivity index (χ0v) is 12.3. The van der Waals surface area contributed by atoms with Crippen LogP contribution < -0.4 is 9.88 Å². The Morgan fingerprint density at radius 3 is 2.45 bits per heavy atom. The van der Waals surface area contributed by atoms with Crippen molar-refractivity contribution in [1.29, 1.82) is 0 Å². The Labute approximate surface area is 119 Å². The minimum absolute atomic E-state index is 0.125. The smallest absolute Gasteiger partial charge is 0.238 e. The van der Waals surface area contributed by atoms with Crippen LogP contribution in [0.3, 0.4) is 0 Å². The second kappa shape index (κ2) is 5.64. The minimum Gasteiger partial charge on any atom is -0.489 e. The first-order valence-corrected chi connectivity index (χ1v) is 7.73. The number of hydrogen-bond acceptors (Lipinski definition) is 3. The van der Waals surface area contributed by atoms with E-state index in [1.807, 2.05) is 31.2 Å². The highest BCUT2D eigenvalue weighted by Crippen LogP contribution is 2.21. The molecule has 0 saturated heterocycles. The number of aryl methyl sites for hydroxylation is 2. The summed E-state index contributed by atoms with van der Waals surface area (Å²) in [6.45, 7) is 4.16. The highest BCUT2D eigenvalue weighted by atomic mass is 32.2. The molecule has 2 N–H and O–H groups in total. The van der Waals surface area contributed by atoms with Crippen LogP contribution in [0.25, 0.3) is 0 Å². The number of rotatable bonds is 4. The molecule has 0 saturated carbocycles. The topological polar surface area (TPSA) is 69.4 Å². The molecule has 20 heavy (non-hydrogen) atoms. The molecule has 0 aliphatic heterocycles. The molecule has 0 unspecified atom stereocenters. The average molecular weight is 291 g/mol. The van der Waals surface area contributed by atoms with Gasteiger partial charge in [-0.3, -0.25) is 0 Å². The first kappa shape index (κ1) is 14.6. The number of ether oxygens (including phenoxy) is 1. The lowest BCUT2D eigenvalue weighted by atomic mass is 10.1. The van der Waals surface area contributed by atoms with Crippen LogP contribution in [-0.2, 0) is 16.6 Å². The molecule has 4 nitrogen and oxygen atoms in total. The van der Waals surface area contributed by atoms with E-state index < -0.39 is 10.0 Å². The van der Waals surface area contributed by atoms with E-state index in [1.165, 1.54) is 11.6 Å². The van der Waals surface area contributed by atoms with Gasteiger partial charge in [-0.25, -0.2) is 13.6 Å². The van der Waals surface area contributed by atoms with Crippen molar-refractivity contribution in [3.8, 4) is 5.75 Å². The summed E-state index contributed by atoms with van der Waals surface area (Å²) in [7, 11) is -3.68. The molecule has 2 rings (SSSR count). The summed E-state index contributed by atoms with van der Waals surface area (Å²) in [4.78, 5) is 0.125. The third-order valence-electron chi connectivity index (χ3n) is 2.94. The quantitative estimate of drug-likeness (QED) is 0.941. The Bertz CT molecular complexity index is 724. The second-order valence-corrected chi connectivity index (χ2v) is 6.28. The Hall–Kier alpha value is -1.85. The monoisotopic (exact) mass is 291 g/mol. The van der Waals surface area contributed by atoms with E-state index in [0.29, 0.717) is 17.9 Å². The van der Waals surface area contributed by atoms with Gasteiger partial charge in [0, 0.05) is 0 Å². The van der Waals surface area contributed by atoms with Crippen LogP contribution >= 0.6 is 0 Å². The van der Waals surface area contributed by atoms with Gasteiger partial charge in [-0.05, 0) is 43.2 Å². The largest absolute Gasteiger partial charge is 0.489 e. The third kappa shape index (κ3) is 3.59. The van der Waals surface area contributed by atoms with Gasteiger partial charge in [0.05, 0.1) is 4.90 Å². The summed E-state index contributed by atoms with van der Waals surface area (Å²) < 4.78 is 28.3. The van der Waals surface area contributed by atoms with Gasteiger partial charge >= 0.3 is 0 Å². The van der Waals surface area contributed by atoms with Crippen molar-refractivity contribution in [2.75, 3.05) is 0 Å². The summed E-state index contributed by atoms with van der Waals surface area (Å²) in [5.41, 5.74) is 2.82. The molecular formula is C15H17NO3S. The predicted octanol–water partition coefficient (Wildman–Crippen LogP) is 2.53. The van der Waals surface area contributed by atoms with Gasteiger partial charge in [0.25, 0.3) is 0 Å². The molecule has 2 aromatic rings. The molecule has 106 valence electrons.